The molecule has 13 heteroatoms. The van der Waals surface area contributed by atoms with Crippen LogP contribution in [0.15, 0.2) is 49.2 Å². The zero-order chi connectivity index (χ0) is 21.1. The molecule has 3 aromatic heterocycles. The highest BCUT2D eigenvalue weighted by Gasteiger charge is 2.15. The number of hydrogen-bond donors (Lipinski definition) is 1. The fraction of sp³-hybridized carbons (Fsp3) is 0.176. The molecule has 0 aliphatic rings. The first kappa shape index (κ1) is 18.9. The van der Waals surface area contributed by atoms with Crippen molar-refractivity contribution in [3.8, 4) is 0 Å². The third-order valence-corrected chi connectivity index (χ3v) is 4.08. The van der Waals surface area contributed by atoms with E-state index >= 15 is 0 Å². The molecule has 0 unspecified atom stereocenters. The molecule has 1 amide bonds. The fourth-order valence-corrected chi connectivity index (χ4v) is 2.62. The Balaban J connectivity index is 1.36. The van der Waals surface area contributed by atoms with E-state index in [1.807, 2.05) is 31.2 Å². The average Bonchev–Trinajstić information content (AvgIpc) is 3.46. The van der Waals surface area contributed by atoms with Crippen molar-refractivity contribution < 1.29 is 9.72 Å². The molecule has 1 N–H and O–H groups in total. The fourth-order valence-electron chi connectivity index (χ4n) is 2.62. The summed E-state index contributed by atoms with van der Waals surface area (Å²) >= 11 is 0. The van der Waals surface area contributed by atoms with Crippen LogP contribution >= 0.6 is 0 Å². The second-order valence-electron chi connectivity index (χ2n) is 6.43. The summed E-state index contributed by atoms with van der Waals surface area (Å²) in [7, 11) is 0. The van der Waals surface area contributed by atoms with Gasteiger partial charge in [-0.3, -0.25) is 10.1 Å². The summed E-state index contributed by atoms with van der Waals surface area (Å²) < 4.78 is 4.26. The van der Waals surface area contributed by atoms with Crippen molar-refractivity contribution >= 4 is 17.8 Å². The first-order chi connectivity index (χ1) is 14.5. The SMILES string of the molecule is Cc1ccc(Cn2cnc(NC(=O)c3ccn(Cn4cnc([N+](=O)[O-])n4)n3)n2)cc1. The van der Waals surface area contributed by atoms with Crippen LogP contribution in [0, 0.1) is 17.0 Å². The molecular weight excluding hydrogens is 392 g/mol. The number of benzene rings is 1. The molecule has 0 radical (unpaired) electrons. The van der Waals surface area contributed by atoms with E-state index in [2.05, 4.69) is 30.6 Å². The van der Waals surface area contributed by atoms with Crippen LogP contribution in [0.4, 0.5) is 11.9 Å². The molecule has 152 valence electrons. The van der Waals surface area contributed by atoms with E-state index < -0.39 is 16.8 Å². The van der Waals surface area contributed by atoms with Crippen LogP contribution in [-0.4, -0.2) is 50.1 Å². The summed E-state index contributed by atoms with van der Waals surface area (Å²) in [5, 5.41) is 25.3. The van der Waals surface area contributed by atoms with Crippen molar-refractivity contribution in [3.05, 3.63) is 76.1 Å². The van der Waals surface area contributed by atoms with Crippen LogP contribution in [0.2, 0.25) is 0 Å². The largest absolute Gasteiger partial charge is 0.491 e. The van der Waals surface area contributed by atoms with E-state index in [4.69, 9.17) is 0 Å². The highest BCUT2D eigenvalue weighted by molar-refractivity contribution is 6.01. The Kier molecular flexibility index (Phi) is 4.99. The number of nitro groups is 1. The molecule has 4 rings (SSSR count). The van der Waals surface area contributed by atoms with Gasteiger partial charge in [-0.05, 0) is 23.5 Å². The van der Waals surface area contributed by atoms with Crippen molar-refractivity contribution in [2.75, 3.05) is 5.32 Å². The third-order valence-electron chi connectivity index (χ3n) is 4.08. The number of aromatic nitrogens is 8. The summed E-state index contributed by atoms with van der Waals surface area (Å²) in [6.45, 7) is 2.61. The Morgan fingerprint density at radius 3 is 2.53 bits per heavy atom. The van der Waals surface area contributed by atoms with Crippen LogP contribution in [0.1, 0.15) is 21.6 Å². The lowest BCUT2D eigenvalue weighted by atomic mass is 10.1. The Labute approximate surface area is 169 Å². The van der Waals surface area contributed by atoms with E-state index in [0.717, 1.165) is 5.56 Å². The van der Waals surface area contributed by atoms with Crippen LogP contribution < -0.4 is 5.32 Å². The van der Waals surface area contributed by atoms with E-state index in [-0.39, 0.29) is 18.3 Å². The Bertz CT molecular complexity index is 1190. The summed E-state index contributed by atoms with van der Waals surface area (Å²) in [6, 6.07) is 9.55. The monoisotopic (exact) mass is 408 g/mol. The number of aryl methyl sites for hydroxylation is 1. The van der Waals surface area contributed by atoms with Crippen LogP contribution in [0.25, 0.3) is 0 Å². The highest BCUT2D eigenvalue weighted by atomic mass is 16.6. The summed E-state index contributed by atoms with van der Waals surface area (Å²) in [6.07, 6.45) is 4.29. The lowest BCUT2D eigenvalue weighted by Crippen LogP contribution is -2.16. The lowest BCUT2D eigenvalue weighted by Gasteiger charge is -2.01. The quantitative estimate of drug-likeness (QED) is 0.352. The van der Waals surface area contributed by atoms with Gasteiger partial charge in [0.1, 0.15) is 6.33 Å². The number of carbonyl (C=O) groups excluding carboxylic acids is 1. The summed E-state index contributed by atoms with van der Waals surface area (Å²) in [5.41, 5.74) is 2.38. The Morgan fingerprint density at radius 2 is 1.80 bits per heavy atom. The highest BCUT2D eigenvalue weighted by Crippen LogP contribution is 2.07. The predicted molar refractivity (Wildman–Crippen MR) is 103 cm³/mol. The molecular formula is C17H16N10O3. The van der Waals surface area contributed by atoms with E-state index in [9.17, 15) is 14.9 Å². The molecule has 0 fully saturated rings. The van der Waals surface area contributed by atoms with Crippen molar-refractivity contribution in [3.63, 3.8) is 0 Å². The summed E-state index contributed by atoms with van der Waals surface area (Å²) in [5.74, 6) is -0.826. The van der Waals surface area contributed by atoms with E-state index in [1.165, 1.54) is 33.6 Å². The van der Waals surface area contributed by atoms with Crippen LogP contribution in [0.3, 0.4) is 0 Å². The molecule has 0 spiro atoms. The molecule has 4 aromatic rings. The normalized spacial score (nSPS) is 10.8. The topological polar surface area (TPSA) is 151 Å². The molecule has 0 saturated heterocycles. The molecule has 0 atom stereocenters. The number of nitrogens with one attached hydrogen (secondary N) is 1. The average molecular weight is 408 g/mol. The first-order valence-electron chi connectivity index (χ1n) is 8.80. The molecule has 30 heavy (non-hydrogen) atoms. The molecule has 13 nitrogen and oxygen atoms in total. The maximum Gasteiger partial charge on any atom is 0.491 e. The Morgan fingerprint density at radius 1 is 1.03 bits per heavy atom. The van der Waals surface area contributed by atoms with E-state index in [1.54, 1.807) is 10.9 Å². The van der Waals surface area contributed by atoms with Gasteiger partial charge >= 0.3 is 5.95 Å². The van der Waals surface area contributed by atoms with Crippen molar-refractivity contribution in [2.24, 2.45) is 0 Å². The van der Waals surface area contributed by atoms with Gasteiger partial charge in [0.15, 0.2) is 12.4 Å². The number of rotatable bonds is 7. The van der Waals surface area contributed by atoms with Gasteiger partial charge in [-0.25, -0.2) is 14.3 Å². The maximum atomic E-state index is 12.4. The number of anilines is 1. The maximum absolute atomic E-state index is 12.4. The minimum absolute atomic E-state index is 0.0670. The van der Waals surface area contributed by atoms with Crippen molar-refractivity contribution in [2.45, 2.75) is 20.1 Å². The van der Waals surface area contributed by atoms with Gasteiger partial charge in [-0.1, -0.05) is 34.8 Å². The van der Waals surface area contributed by atoms with E-state index in [0.29, 0.717) is 6.54 Å². The molecule has 1 aromatic carbocycles. The minimum atomic E-state index is -0.691. The van der Waals surface area contributed by atoms with Crippen LogP contribution in [-0.2, 0) is 13.2 Å². The van der Waals surface area contributed by atoms with Gasteiger partial charge in [0.2, 0.25) is 12.3 Å². The van der Waals surface area contributed by atoms with Gasteiger partial charge in [-0.15, -0.1) is 5.10 Å². The smallest absolute Gasteiger partial charge is 0.390 e. The lowest BCUT2D eigenvalue weighted by molar-refractivity contribution is -0.394. The number of carbonyl (C=O) groups is 1. The number of amides is 1. The third kappa shape index (κ3) is 4.35. The summed E-state index contributed by atoms with van der Waals surface area (Å²) in [4.78, 5) is 30.0. The molecule has 0 saturated carbocycles. The zero-order valence-electron chi connectivity index (χ0n) is 15.8. The first-order valence-corrected chi connectivity index (χ1v) is 8.80. The second kappa shape index (κ2) is 7.90. The van der Waals surface area contributed by atoms with Crippen LogP contribution in [0.5, 0.6) is 0 Å². The second-order valence-corrected chi connectivity index (χ2v) is 6.43. The standard InChI is InChI=1S/C17H16N10O3/c1-12-2-4-13(5-3-12)8-25-9-18-16(22-25)20-15(28)14-6-7-24(21-14)11-26-10-19-17(23-26)27(29)30/h2-7,9-10H,8,11H2,1H3,(H,20,22,28). The molecule has 0 aliphatic heterocycles. The predicted octanol–water partition coefficient (Wildman–Crippen LogP) is 1.09. The van der Waals surface area contributed by atoms with Crippen molar-refractivity contribution in [1.29, 1.82) is 0 Å². The molecule has 0 bridgehead atoms. The van der Waals surface area contributed by atoms with Gasteiger partial charge < -0.3 is 10.1 Å². The van der Waals surface area contributed by atoms with Gasteiger partial charge in [0.25, 0.3) is 5.91 Å². The van der Waals surface area contributed by atoms with Gasteiger partial charge in [0, 0.05) is 11.3 Å². The molecule has 3 heterocycles. The molecule has 0 aliphatic carbocycles. The zero-order valence-corrected chi connectivity index (χ0v) is 15.8. The van der Waals surface area contributed by atoms with Gasteiger partial charge in [0.05, 0.1) is 6.54 Å². The number of hydrogen-bond acceptors (Lipinski definition) is 8. The number of nitrogens with zero attached hydrogens (tertiary/aromatic N) is 9. The van der Waals surface area contributed by atoms with Crippen molar-refractivity contribution in [1.82, 2.24) is 39.3 Å². The Hall–Kier alpha value is -4.42. The minimum Gasteiger partial charge on any atom is -0.390 e. The van der Waals surface area contributed by atoms with Gasteiger partial charge in [-0.2, -0.15) is 9.78 Å².